The van der Waals surface area contributed by atoms with Gasteiger partial charge in [0.15, 0.2) is 0 Å². The van der Waals surface area contributed by atoms with Crippen LogP contribution in [0, 0.1) is 6.92 Å². The summed E-state index contributed by atoms with van der Waals surface area (Å²) in [6.45, 7) is 2.22. The Morgan fingerprint density at radius 2 is 1.10 bits per heavy atom. The predicted molar refractivity (Wildman–Crippen MR) is 177 cm³/mol. The van der Waals surface area contributed by atoms with Crippen LogP contribution in [0.1, 0.15) is 5.56 Å². The Hall–Kier alpha value is -4.44. The quantitative estimate of drug-likeness (QED) is 0.204. The molecule has 0 N–H and O–H groups in total. The maximum atomic E-state index is 2.41. The fourth-order valence-corrected chi connectivity index (χ4v) is 8.81. The van der Waals surface area contributed by atoms with Crippen molar-refractivity contribution in [3.05, 3.63) is 127 Å². The molecule has 3 heteroatoms. The van der Waals surface area contributed by atoms with Gasteiger partial charge in [-0.3, -0.25) is 0 Å². The van der Waals surface area contributed by atoms with E-state index in [1.807, 2.05) is 22.7 Å². The van der Waals surface area contributed by atoms with Crippen molar-refractivity contribution in [2.45, 2.75) is 6.92 Å². The predicted octanol–water partition coefficient (Wildman–Crippen LogP) is 11.5. The molecular formula is C37H23NS2. The number of rotatable bonds is 2. The van der Waals surface area contributed by atoms with Gasteiger partial charge in [0.05, 0.1) is 11.0 Å². The van der Waals surface area contributed by atoms with Crippen molar-refractivity contribution in [2.24, 2.45) is 0 Å². The van der Waals surface area contributed by atoms with Crippen LogP contribution < -0.4 is 0 Å². The molecule has 40 heavy (non-hydrogen) atoms. The minimum atomic E-state index is 1.21. The number of aryl methyl sites for hydroxylation is 1. The Labute approximate surface area is 239 Å². The smallest absolute Gasteiger partial charge is 0.0541 e. The van der Waals surface area contributed by atoms with E-state index in [1.54, 1.807) is 0 Å². The van der Waals surface area contributed by atoms with E-state index in [9.17, 15) is 0 Å². The highest BCUT2D eigenvalue weighted by molar-refractivity contribution is 7.26. The average molecular weight is 546 g/mol. The SMILES string of the molecule is Cc1cccc2sc3ccc(-c4ccc5c(c4)sc4cc(-n6c7ccccc7c7ccccc76)ccc45)cc3c12. The largest absolute Gasteiger partial charge is 0.309 e. The van der Waals surface area contributed by atoms with Crippen LogP contribution in [0.25, 0.3) is 79.0 Å². The number of nitrogens with zero attached hydrogens (tertiary/aromatic N) is 1. The molecule has 0 aliphatic rings. The number of aromatic nitrogens is 1. The lowest BCUT2D eigenvalue weighted by atomic mass is 10.0. The molecule has 0 aliphatic heterocycles. The van der Waals surface area contributed by atoms with Crippen LogP contribution in [0.15, 0.2) is 121 Å². The molecule has 3 aromatic heterocycles. The molecule has 0 atom stereocenters. The first kappa shape index (κ1) is 22.4. The van der Waals surface area contributed by atoms with Gasteiger partial charge in [-0.1, -0.05) is 72.8 Å². The van der Waals surface area contributed by atoms with E-state index in [-0.39, 0.29) is 0 Å². The number of hydrogen-bond acceptors (Lipinski definition) is 2. The van der Waals surface area contributed by atoms with Gasteiger partial charge in [0.25, 0.3) is 0 Å². The van der Waals surface area contributed by atoms with E-state index < -0.39 is 0 Å². The van der Waals surface area contributed by atoms with E-state index in [0.29, 0.717) is 0 Å². The van der Waals surface area contributed by atoms with Crippen LogP contribution in [0.4, 0.5) is 0 Å². The minimum absolute atomic E-state index is 1.21. The van der Waals surface area contributed by atoms with Crippen LogP contribution in [0.2, 0.25) is 0 Å². The normalized spacial score (nSPS) is 12.1. The van der Waals surface area contributed by atoms with E-state index >= 15 is 0 Å². The summed E-state index contributed by atoms with van der Waals surface area (Å²) in [7, 11) is 0. The van der Waals surface area contributed by atoms with Crippen molar-refractivity contribution in [3.63, 3.8) is 0 Å². The molecule has 0 radical (unpaired) electrons. The first-order valence-electron chi connectivity index (χ1n) is 13.6. The van der Waals surface area contributed by atoms with E-state index in [4.69, 9.17) is 0 Å². The number of fused-ring (bicyclic) bond motifs is 9. The first-order valence-corrected chi connectivity index (χ1v) is 15.2. The van der Waals surface area contributed by atoms with Crippen molar-refractivity contribution in [2.75, 3.05) is 0 Å². The fourth-order valence-electron chi connectivity index (χ4n) is 6.47. The molecule has 3 heterocycles. The molecule has 188 valence electrons. The average Bonchev–Trinajstić information content (AvgIpc) is 3.65. The number of hydrogen-bond donors (Lipinski definition) is 0. The molecule has 0 aliphatic carbocycles. The van der Waals surface area contributed by atoms with Crippen molar-refractivity contribution >= 4 is 84.8 Å². The highest BCUT2D eigenvalue weighted by Crippen LogP contribution is 2.41. The Balaban J connectivity index is 1.21. The lowest BCUT2D eigenvalue weighted by molar-refractivity contribution is 1.19. The Kier molecular flexibility index (Phi) is 4.63. The second-order valence-electron chi connectivity index (χ2n) is 10.6. The zero-order valence-corrected chi connectivity index (χ0v) is 23.4. The molecule has 0 amide bonds. The van der Waals surface area contributed by atoms with Crippen molar-refractivity contribution in [1.29, 1.82) is 0 Å². The summed E-state index contributed by atoms with van der Waals surface area (Å²) in [5, 5.41) is 8.00. The van der Waals surface area contributed by atoms with Crippen LogP contribution in [0.5, 0.6) is 0 Å². The van der Waals surface area contributed by atoms with Gasteiger partial charge in [-0.2, -0.15) is 0 Å². The molecule has 0 saturated heterocycles. The van der Waals surface area contributed by atoms with Gasteiger partial charge in [-0.05, 0) is 72.1 Å². The summed E-state index contributed by atoms with van der Waals surface area (Å²) in [6.07, 6.45) is 0. The van der Waals surface area contributed by atoms with Crippen LogP contribution in [-0.4, -0.2) is 4.57 Å². The Morgan fingerprint density at radius 1 is 0.450 bits per heavy atom. The third kappa shape index (κ3) is 3.13. The standard InChI is InChI=1S/C37H23NS2/c1-22-7-6-12-34-37(22)30-19-23(14-18-33(30)39-34)24-13-16-28-29-17-15-25(21-36(29)40-35(28)20-24)38-31-10-4-2-8-26(31)27-9-3-5-11-32(27)38/h2-21H,1H3. The third-order valence-corrected chi connectivity index (χ3v) is 10.6. The lowest BCUT2D eigenvalue weighted by Crippen LogP contribution is -1.92. The monoisotopic (exact) mass is 545 g/mol. The summed E-state index contributed by atoms with van der Waals surface area (Å²) < 4.78 is 7.78. The van der Waals surface area contributed by atoms with Crippen molar-refractivity contribution in [3.8, 4) is 16.8 Å². The number of thiophene rings is 2. The molecule has 0 spiro atoms. The summed E-state index contributed by atoms with van der Waals surface area (Å²) in [6, 6.07) is 44.9. The van der Waals surface area contributed by atoms with Crippen LogP contribution in [0.3, 0.4) is 0 Å². The maximum Gasteiger partial charge on any atom is 0.0541 e. The molecule has 0 saturated carbocycles. The van der Waals surface area contributed by atoms with Crippen molar-refractivity contribution in [1.82, 2.24) is 4.57 Å². The molecule has 9 aromatic rings. The Bertz CT molecular complexity index is 2400. The summed E-state index contributed by atoms with van der Waals surface area (Å²) in [5.41, 5.74) is 7.61. The van der Waals surface area contributed by atoms with Gasteiger partial charge in [0.2, 0.25) is 0 Å². The highest BCUT2D eigenvalue weighted by atomic mass is 32.1. The van der Waals surface area contributed by atoms with Crippen LogP contribution in [-0.2, 0) is 0 Å². The van der Waals surface area contributed by atoms with E-state index in [2.05, 4.69) is 133 Å². The van der Waals surface area contributed by atoms with Crippen molar-refractivity contribution < 1.29 is 0 Å². The minimum Gasteiger partial charge on any atom is -0.309 e. The van der Waals surface area contributed by atoms with E-state index in [1.165, 1.54) is 84.5 Å². The van der Waals surface area contributed by atoms with E-state index in [0.717, 1.165) is 0 Å². The zero-order valence-electron chi connectivity index (χ0n) is 21.8. The molecule has 1 nitrogen and oxygen atoms in total. The zero-order chi connectivity index (χ0) is 26.4. The summed E-state index contributed by atoms with van der Waals surface area (Å²) in [5.74, 6) is 0. The number of para-hydroxylation sites is 2. The molecule has 9 rings (SSSR count). The van der Waals surface area contributed by atoms with Gasteiger partial charge in [0, 0.05) is 56.8 Å². The molecule has 0 unspecified atom stereocenters. The molecule has 0 bridgehead atoms. The van der Waals surface area contributed by atoms with Gasteiger partial charge in [0.1, 0.15) is 0 Å². The maximum absolute atomic E-state index is 2.41. The topological polar surface area (TPSA) is 4.93 Å². The second-order valence-corrected chi connectivity index (χ2v) is 12.8. The molecular weight excluding hydrogens is 523 g/mol. The second kappa shape index (κ2) is 8.28. The highest BCUT2D eigenvalue weighted by Gasteiger charge is 2.14. The van der Waals surface area contributed by atoms with Crippen LogP contribution >= 0.6 is 22.7 Å². The Morgan fingerprint density at radius 3 is 1.90 bits per heavy atom. The number of benzene rings is 6. The van der Waals surface area contributed by atoms with Gasteiger partial charge >= 0.3 is 0 Å². The van der Waals surface area contributed by atoms with Gasteiger partial charge in [-0.25, -0.2) is 0 Å². The third-order valence-electron chi connectivity index (χ3n) is 8.33. The summed E-state index contributed by atoms with van der Waals surface area (Å²) in [4.78, 5) is 0. The van der Waals surface area contributed by atoms with Gasteiger partial charge in [-0.15, -0.1) is 22.7 Å². The summed E-state index contributed by atoms with van der Waals surface area (Å²) >= 11 is 3.78. The first-order chi connectivity index (χ1) is 19.7. The fraction of sp³-hybridized carbons (Fsp3) is 0.0270. The molecule has 0 fully saturated rings. The molecule has 6 aromatic carbocycles. The lowest BCUT2D eigenvalue weighted by Gasteiger charge is -2.08. The van der Waals surface area contributed by atoms with Gasteiger partial charge < -0.3 is 4.57 Å².